The van der Waals surface area contributed by atoms with E-state index in [0.29, 0.717) is 0 Å². The van der Waals surface area contributed by atoms with Gasteiger partial charge in [0.15, 0.2) is 0 Å². The fraction of sp³-hybridized carbons (Fsp3) is 0.545. The molecule has 0 aliphatic rings. The highest BCUT2D eigenvalue weighted by Gasteiger charge is 2.75. The molecule has 0 aliphatic carbocycles. The zero-order valence-corrected chi connectivity index (χ0v) is 11.6. The molecule has 0 aromatic carbocycles. The number of rotatable bonds is 4. The summed E-state index contributed by atoms with van der Waals surface area (Å²) in [6.07, 6.45) is -6.59. The van der Waals surface area contributed by atoms with Crippen LogP contribution in [0.15, 0.2) is 0 Å². The minimum absolute atomic E-state index is 0.344. The van der Waals surface area contributed by atoms with Crippen LogP contribution >= 0.6 is 0 Å². The monoisotopic (exact) mass is 349 g/mol. The Morgan fingerprint density at radius 2 is 1.65 bits per heavy atom. The smallest absolute Gasteiger partial charge is 0.460 e. The van der Waals surface area contributed by atoms with Crippen LogP contribution in [-0.2, 0) is 10.7 Å². The average Bonchev–Trinajstić information content (AvgIpc) is 2.36. The number of hydrogen-bond acceptors (Lipinski definition) is 5. The van der Waals surface area contributed by atoms with E-state index in [9.17, 15) is 35.5 Å². The lowest BCUT2D eigenvalue weighted by Gasteiger charge is -2.28. The highest BCUT2D eigenvalue weighted by Crippen LogP contribution is 2.52. The number of anilines is 1. The number of hydrogen-bond donors (Lipinski definition) is 1. The van der Waals surface area contributed by atoms with Crippen molar-refractivity contribution in [1.29, 1.82) is 0 Å². The first-order valence-electron chi connectivity index (χ1n) is 5.91. The standard InChI is InChI=1S/C11H10F7N3O2/c1-3-23-7(22)5-4(2)20-8(19)21-6(5)9(12,13)10(14,15)11(16,17)18/h3H2,1-2H3,(H2,19,20,21). The van der Waals surface area contributed by atoms with Gasteiger partial charge in [0.05, 0.1) is 12.3 Å². The summed E-state index contributed by atoms with van der Waals surface area (Å²) in [5.74, 6) is -14.9. The van der Waals surface area contributed by atoms with Gasteiger partial charge in [-0.15, -0.1) is 0 Å². The van der Waals surface area contributed by atoms with Gasteiger partial charge in [-0.1, -0.05) is 0 Å². The number of carbonyl (C=O) groups is 1. The minimum atomic E-state index is -6.59. The number of alkyl halides is 7. The second kappa shape index (κ2) is 5.81. The second-order valence-electron chi connectivity index (χ2n) is 4.26. The van der Waals surface area contributed by atoms with Crippen LogP contribution in [-0.4, -0.2) is 34.6 Å². The molecule has 0 radical (unpaired) electrons. The Kier molecular flexibility index (Phi) is 4.78. The van der Waals surface area contributed by atoms with E-state index in [0.717, 1.165) is 6.92 Å². The van der Waals surface area contributed by atoms with Crippen molar-refractivity contribution in [3.05, 3.63) is 17.0 Å². The first-order chi connectivity index (χ1) is 10.3. The highest BCUT2D eigenvalue weighted by atomic mass is 19.4. The molecule has 0 fully saturated rings. The van der Waals surface area contributed by atoms with Crippen LogP contribution in [0.25, 0.3) is 0 Å². The molecule has 0 saturated carbocycles. The maximum atomic E-state index is 13.8. The number of aryl methyl sites for hydroxylation is 1. The molecule has 0 atom stereocenters. The van der Waals surface area contributed by atoms with Crippen molar-refractivity contribution < 1.29 is 40.3 Å². The lowest BCUT2D eigenvalue weighted by atomic mass is 10.0. The average molecular weight is 349 g/mol. The molecule has 12 heteroatoms. The molecule has 0 aliphatic heterocycles. The molecule has 1 aromatic rings. The van der Waals surface area contributed by atoms with Gasteiger partial charge in [-0.3, -0.25) is 0 Å². The van der Waals surface area contributed by atoms with E-state index in [2.05, 4.69) is 14.7 Å². The number of nitrogen functional groups attached to an aromatic ring is 1. The van der Waals surface area contributed by atoms with Gasteiger partial charge in [-0.05, 0) is 13.8 Å². The van der Waals surface area contributed by atoms with Gasteiger partial charge < -0.3 is 10.5 Å². The van der Waals surface area contributed by atoms with E-state index in [-0.39, 0.29) is 6.61 Å². The molecule has 0 amide bonds. The summed E-state index contributed by atoms with van der Waals surface area (Å²) in [6.45, 7) is 1.84. The van der Waals surface area contributed by atoms with Crippen molar-refractivity contribution in [3.63, 3.8) is 0 Å². The van der Waals surface area contributed by atoms with Crippen molar-refractivity contribution in [2.75, 3.05) is 12.3 Å². The maximum absolute atomic E-state index is 13.8. The topological polar surface area (TPSA) is 78.1 Å². The van der Waals surface area contributed by atoms with Gasteiger partial charge in [0.1, 0.15) is 11.3 Å². The van der Waals surface area contributed by atoms with Gasteiger partial charge in [0, 0.05) is 0 Å². The van der Waals surface area contributed by atoms with E-state index in [4.69, 9.17) is 5.73 Å². The van der Waals surface area contributed by atoms with Crippen molar-refractivity contribution in [2.24, 2.45) is 0 Å². The van der Waals surface area contributed by atoms with Crippen molar-refractivity contribution in [3.8, 4) is 0 Å². The maximum Gasteiger partial charge on any atom is 0.460 e. The van der Waals surface area contributed by atoms with Gasteiger partial charge in [-0.2, -0.15) is 30.7 Å². The third kappa shape index (κ3) is 3.15. The van der Waals surface area contributed by atoms with E-state index in [1.165, 1.54) is 6.92 Å². The van der Waals surface area contributed by atoms with Crippen LogP contribution < -0.4 is 5.73 Å². The molecule has 1 rings (SSSR count). The van der Waals surface area contributed by atoms with E-state index in [1.54, 1.807) is 0 Å². The van der Waals surface area contributed by atoms with E-state index < -0.39 is 46.9 Å². The van der Waals surface area contributed by atoms with Crippen LogP contribution in [0.5, 0.6) is 0 Å². The van der Waals surface area contributed by atoms with Crippen molar-refractivity contribution >= 4 is 11.9 Å². The Bertz CT molecular complexity index is 616. The minimum Gasteiger partial charge on any atom is -0.462 e. The largest absolute Gasteiger partial charge is 0.462 e. The van der Waals surface area contributed by atoms with E-state index in [1.807, 2.05) is 0 Å². The second-order valence-corrected chi connectivity index (χ2v) is 4.26. The summed E-state index contributed by atoms with van der Waals surface area (Å²) in [7, 11) is 0. The Hall–Kier alpha value is -2.14. The Morgan fingerprint density at radius 3 is 2.09 bits per heavy atom. The first-order valence-corrected chi connectivity index (χ1v) is 5.91. The first kappa shape index (κ1) is 18.9. The number of nitrogens with zero attached hydrogens (tertiary/aromatic N) is 2. The molecule has 5 nitrogen and oxygen atoms in total. The predicted molar refractivity (Wildman–Crippen MR) is 62.0 cm³/mol. The number of nitrogens with two attached hydrogens (primary N) is 1. The van der Waals surface area contributed by atoms with Crippen LogP contribution in [0.3, 0.4) is 0 Å². The molecule has 130 valence electrons. The number of esters is 1. The summed E-state index contributed by atoms with van der Waals surface area (Å²) in [4.78, 5) is 17.6. The normalized spacial score (nSPS) is 13.1. The zero-order valence-electron chi connectivity index (χ0n) is 11.6. The molecule has 1 heterocycles. The fourth-order valence-electron chi connectivity index (χ4n) is 1.60. The van der Waals surface area contributed by atoms with Crippen LogP contribution in [0.1, 0.15) is 28.7 Å². The predicted octanol–water partition coefficient (Wildman–Crippen LogP) is 2.83. The fourth-order valence-corrected chi connectivity index (χ4v) is 1.60. The Balaban J connectivity index is 3.67. The number of ether oxygens (including phenoxy) is 1. The summed E-state index contributed by atoms with van der Waals surface area (Å²) >= 11 is 0. The van der Waals surface area contributed by atoms with Crippen LogP contribution in [0.2, 0.25) is 0 Å². The molecular weight excluding hydrogens is 339 g/mol. The number of aromatic nitrogens is 2. The summed E-state index contributed by atoms with van der Waals surface area (Å²) in [5, 5.41) is 0. The summed E-state index contributed by atoms with van der Waals surface area (Å²) in [6, 6.07) is 0. The van der Waals surface area contributed by atoms with Crippen LogP contribution in [0, 0.1) is 6.92 Å². The molecule has 2 N–H and O–H groups in total. The molecule has 23 heavy (non-hydrogen) atoms. The highest BCUT2D eigenvalue weighted by molar-refractivity contribution is 5.92. The van der Waals surface area contributed by atoms with Crippen molar-refractivity contribution in [2.45, 2.75) is 31.9 Å². The molecule has 0 unspecified atom stereocenters. The molecule has 0 bridgehead atoms. The third-order valence-electron chi connectivity index (χ3n) is 2.63. The Morgan fingerprint density at radius 1 is 1.13 bits per heavy atom. The van der Waals surface area contributed by atoms with Gasteiger partial charge >= 0.3 is 24.0 Å². The van der Waals surface area contributed by atoms with Crippen LogP contribution in [0.4, 0.5) is 36.7 Å². The lowest BCUT2D eigenvalue weighted by Crippen LogP contribution is -2.51. The SMILES string of the molecule is CCOC(=O)c1c(C)nc(N)nc1C(F)(F)C(F)(F)C(F)(F)F. The van der Waals surface area contributed by atoms with Gasteiger partial charge in [0.25, 0.3) is 0 Å². The summed E-state index contributed by atoms with van der Waals surface area (Å²) < 4.78 is 95.2. The quantitative estimate of drug-likeness (QED) is 0.668. The Labute approximate surface area is 124 Å². The third-order valence-corrected chi connectivity index (χ3v) is 2.63. The van der Waals surface area contributed by atoms with Gasteiger partial charge in [-0.25, -0.2) is 14.8 Å². The van der Waals surface area contributed by atoms with E-state index >= 15 is 0 Å². The van der Waals surface area contributed by atoms with Gasteiger partial charge in [0.2, 0.25) is 5.95 Å². The molecule has 0 saturated heterocycles. The molecule has 1 aromatic heterocycles. The number of carbonyl (C=O) groups excluding carboxylic acids is 1. The molecular formula is C11H10F7N3O2. The lowest BCUT2D eigenvalue weighted by molar-refractivity contribution is -0.360. The number of halogens is 7. The zero-order chi connectivity index (χ0) is 18.2. The van der Waals surface area contributed by atoms with Crippen molar-refractivity contribution in [1.82, 2.24) is 9.97 Å². The summed E-state index contributed by atoms with van der Waals surface area (Å²) in [5.41, 5.74) is 0.950. The molecule has 0 spiro atoms.